The molecule has 0 spiro atoms. The summed E-state index contributed by atoms with van der Waals surface area (Å²) in [6.07, 6.45) is 0.00679. The van der Waals surface area contributed by atoms with Crippen molar-refractivity contribution in [3.8, 4) is 11.4 Å². The second-order valence-corrected chi connectivity index (χ2v) is 6.61. The monoisotopic (exact) mass is 379 g/mol. The summed E-state index contributed by atoms with van der Waals surface area (Å²) < 4.78 is 20.3. The van der Waals surface area contributed by atoms with Gasteiger partial charge in [-0.3, -0.25) is 9.59 Å². The van der Waals surface area contributed by atoms with Crippen LogP contribution in [-0.4, -0.2) is 28.6 Å². The molecule has 1 aromatic heterocycles. The van der Waals surface area contributed by atoms with E-state index in [-0.39, 0.29) is 29.4 Å². The molecule has 142 valence electrons. The molecule has 0 bridgehead atoms. The number of hydrogen-bond acceptors (Lipinski definition) is 4. The van der Waals surface area contributed by atoms with Gasteiger partial charge in [-0.1, -0.05) is 18.2 Å². The van der Waals surface area contributed by atoms with Gasteiger partial charge in [0.15, 0.2) is 17.3 Å². The Hall–Kier alpha value is -3.48. The van der Waals surface area contributed by atoms with Gasteiger partial charge >= 0.3 is 0 Å². The lowest BCUT2D eigenvalue weighted by Gasteiger charge is -2.23. The van der Waals surface area contributed by atoms with Gasteiger partial charge in [-0.05, 0) is 37.3 Å². The molecular formula is C21H18FN3O3. The maximum Gasteiger partial charge on any atom is 0.226 e. The van der Waals surface area contributed by atoms with Crippen LogP contribution in [0.25, 0.3) is 5.69 Å². The van der Waals surface area contributed by atoms with Crippen LogP contribution in [0.1, 0.15) is 34.0 Å². The third kappa shape index (κ3) is 2.94. The largest absolute Gasteiger partial charge is 0.494 e. The lowest BCUT2D eigenvalue weighted by molar-refractivity contribution is -0.116. The van der Waals surface area contributed by atoms with Crippen molar-refractivity contribution in [1.82, 2.24) is 9.78 Å². The van der Waals surface area contributed by atoms with Crippen LogP contribution in [0, 0.1) is 12.7 Å². The van der Waals surface area contributed by atoms with Crippen molar-refractivity contribution >= 4 is 17.5 Å². The zero-order valence-corrected chi connectivity index (χ0v) is 15.4. The van der Waals surface area contributed by atoms with Crippen LogP contribution in [0.4, 0.5) is 10.2 Å². The summed E-state index contributed by atoms with van der Waals surface area (Å²) in [6, 6.07) is 13.3. The normalized spacial score (nSPS) is 15.7. The van der Waals surface area contributed by atoms with Gasteiger partial charge in [0.2, 0.25) is 5.91 Å². The number of aryl methyl sites for hydroxylation is 1. The first-order valence-electron chi connectivity index (χ1n) is 8.82. The van der Waals surface area contributed by atoms with E-state index in [1.54, 1.807) is 11.6 Å². The van der Waals surface area contributed by atoms with Gasteiger partial charge in [-0.2, -0.15) is 5.10 Å². The number of methoxy groups -OCH3 is 1. The van der Waals surface area contributed by atoms with Crippen LogP contribution in [0.2, 0.25) is 0 Å². The van der Waals surface area contributed by atoms with E-state index < -0.39 is 11.7 Å². The van der Waals surface area contributed by atoms with Crippen LogP contribution < -0.4 is 10.1 Å². The summed E-state index contributed by atoms with van der Waals surface area (Å²) in [5, 5.41) is 7.38. The van der Waals surface area contributed by atoms with Crippen molar-refractivity contribution in [2.75, 3.05) is 12.4 Å². The molecule has 1 unspecified atom stereocenters. The van der Waals surface area contributed by atoms with Gasteiger partial charge < -0.3 is 10.1 Å². The molecule has 4 rings (SSSR count). The number of halogens is 1. The Morgan fingerprint density at radius 3 is 2.71 bits per heavy atom. The van der Waals surface area contributed by atoms with Crippen molar-refractivity contribution < 1.29 is 18.7 Å². The number of hydrogen-bond donors (Lipinski definition) is 1. The third-order valence-electron chi connectivity index (χ3n) is 4.86. The fourth-order valence-corrected chi connectivity index (χ4v) is 3.54. The smallest absolute Gasteiger partial charge is 0.226 e. The van der Waals surface area contributed by atoms with Gasteiger partial charge in [-0.15, -0.1) is 0 Å². The second kappa shape index (κ2) is 6.92. The standard InChI is InChI=1S/C21H18FN3O3/c1-12-19-15(20(27)13-8-9-16(22)17(10-13)28-2)11-18(26)23-21(19)25(24-12)14-6-4-3-5-7-14/h3-10,15H,11H2,1-2H3,(H,23,26). The molecule has 2 heterocycles. The first-order valence-corrected chi connectivity index (χ1v) is 8.82. The predicted octanol–water partition coefficient (Wildman–Crippen LogP) is 3.64. The molecule has 3 aromatic rings. The Morgan fingerprint density at radius 2 is 2.00 bits per heavy atom. The number of para-hydroxylation sites is 1. The summed E-state index contributed by atoms with van der Waals surface area (Å²) in [5.74, 6) is -1.30. The molecule has 0 saturated heterocycles. The number of nitrogens with zero attached hydrogens (tertiary/aromatic N) is 2. The van der Waals surface area contributed by atoms with E-state index in [2.05, 4.69) is 10.4 Å². The van der Waals surface area contributed by atoms with Gasteiger partial charge in [0.05, 0.1) is 24.4 Å². The minimum Gasteiger partial charge on any atom is -0.494 e. The van der Waals surface area contributed by atoms with E-state index in [1.807, 2.05) is 30.3 Å². The number of rotatable bonds is 4. The van der Waals surface area contributed by atoms with Crippen LogP contribution in [0.5, 0.6) is 5.75 Å². The maximum absolute atomic E-state index is 13.7. The van der Waals surface area contributed by atoms with Crippen LogP contribution >= 0.6 is 0 Å². The average Bonchev–Trinajstić information content (AvgIpc) is 3.04. The van der Waals surface area contributed by atoms with Crippen molar-refractivity contribution in [2.24, 2.45) is 0 Å². The van der Waals surface area contributed by atoms with E-state index in [0.29, 0.717) is 17.1 Å². The quantitative estimate of drug-likeness (QED) is 0.703. The van der Waals surface area contributed by atoms with Crippen molar-refractivity contribution in [3.63, 3.8) is 0 Å². The number of benzene rings is 2. The lowest BCUT2D eigenvalue weighted by atomic mass is 9.85. The van der Waals surface area contributed by atoms with E-state index in [4.69, 9.17) is 4.74 Å². The lowest BCUT2D eigenvalue weighted by Crippen LogP contribution is -2.28. The van der Waals surface area contributed by atoms with Gasteiger partial charge in [-0.25, -0.2) is 9.07 Å². The molecule has 7 heteroatoms. The first-order chi connectivity index (χ1) is 13.5. The summed E-state index contributed by atoms with van der Waals surface area (Å²) in [4.78, 5) is 25.5. The predicted molar refractivity (Wildman–Crippen MR) is 102 cm³/mol. The zero-order chi connectivity index (χ0) is 19.8. The van der Waals surface area contributed by atoms with Crippen LogP contribution in [-0.2, 0) is 4.79 Å². The Kier molecular flexibility index (Phi) is 4.43. The molecule has 1 amide bonds. The summed E-state index contributed by atoms with van der Waals surface area (Å²) in [7, 11) is 1.34. The van der Waals surface area contributed by atoms with E-state index in [9.17, 15) is 14.0 Å². The van der Waals surface area contributed by atoms with E-state index in [1.165, 1.54) is 25.3 Å². The Balaban J connectivity index is 1.80. The molecule has 2 aromatic carbocycles. The van der Waals surface area contributed by atoms with Gasteiger partial charge in [0.25, 0.3) is 0 Å². The number of carbonyl (C=O) groups excluding carboxylic acids is 2. The van der Waals surface area contributed by atoms with Gasteiger partial charge in [0, 0.05) is 17.5 Å². The fraction of sp³-hybridized carbons (Fsp3) is 0.190. The highest BCUT2D eigenvalue weighted by Gasteiger charge is 2.36. The molecule has 6 nitrogen and oxygen atoms in total. The van der Waals surface area contributed by atoms with Gasteiger partial charge in [0.1, 0.15) is 5.82 Å². The van der Waals surface area contributed by atoms with E-state index >= 15 is 0 Å². The Bertz CT molecular complexity index is 1080. The SMILES string of the molecule is COc1cc(C(=O)C2CC(=O)Nc3c2c(C)nn3-c2ccccc2)ccc1F. The highest BCUT2D eigenvalue weighted by atomic mass is 19.1. The number of carbonyl (C=O) groups is 2. The minimum absolute atomic E-state index is 0.00679. The summed E-state index contributed by atoms with van der Waals surface area (Å²) in [5.41, 5.74) is 2.41. The second-order valence-electron chi connectivity index (χ2n) is 6.61. The Labute approximate surface area is 160 Å². The molecule has 1 N–H and O–H groups in total. The highest BCUT2D eigenvalue weighted by molar-refractivity contribution is 6.08. The number of ketones is 1. The molecule has 1 aliphatic rings. The molecule has 0 radical (unpaired) electrons. The first kappa shape index (κ1) is 17.9. The number of amides is 1. The molecule has 1 aliphatic heterocycles. The van der Waals surface area contributed by atoms with Crippen LogP contribution in [0.3, 0.4) is 0 Å². The van der Waals surface area contributed by atoms with Crippen molar-refractivity contribution in [1.29, 1.82) is 0 Å². The molecule has 1 atom stereocenters. The molecular weight excluding hydrogens is 361 g/mol. The number of nitrogens with one attached hydrogen (secondary N) is 1. The number of fused-ring (bicyclic) bond motifs is 1. The minimum atomic E-state index is -0.698. The fourth-order valence-electron chi connectivity index (χ4n) is 3.54. The maximum atomic E-state index is 13.7. The summed E-state index contributed by atoms with van der Waals surface area (Å²) in [6.45, 7) is 1.81. The van der Waals surface area contributed by atoms with Crippen LogP contribution in [0.15, 0.2) is 48.5 Å². The molecule has 0 saturated carbocycles. The van der Waals surface area contributed by atoms with Crippen molar-refractivity contribution in [2.45, 2.75) is 19.3 Å². The summed E-state index contributed by atoms with van der Waals surface area (Å²) >= 11 is 0. The molecule has 0 fully saturated rings. The number of ether oxygens (including phenoxy) is 1. The Morgan fingerprint density at radius 1 is 1.25 bits per heavy atom. The average molecular weight is 379 g/mol. The number of aromatic nitrogens is 2. The number of anilines is 1. The zero-order valence-electron chi connectivity index (χ0n) is 15.4. The van der Waals surface area contributed by atoms with E-state index in [0.717, 1.165) is 5.69 Å². The molecule has 28 heavy (non-hydrogen) atoms. The topological polar surface area (TPSA) is 73.2 Å². The van der Waals surface area contributed by atoms with Crippen molar-refractivity contribution in [3.05, 3.63) is 71.2 Å². The highest BCUT2D eigenvalue weighted by Crippen LogP contribution is 2.38. The molecule has 0 aliphatic carbocycles. The number of Topliss-reactive ketones (excluding diaryl/α,β-unsaturated/α-hetero) is 1. The third-order valence-corrected chi connectivity index (χ3v) is 4.86.